The third kappa shape index (κ3) is 1.96. The van der Waals surface area contributed by atoms with Gasteiger partial charge < -0.3 is 14.8 Å². The van der Waals surface area contributed by atoms with Crippen molar-refractivity contribution in [3.8, 4) is 5.75 Å². The van der Waals surface area contributed by atoms with Gasteiger partial charge in [0.2, 0.25) is 0 Å². The van der Waals surface area contributed by atoms with Crippen molar-refractivity contribution in [2.75, 3.05) is 7.11 Å². The Hall–Kier alpha value is -1.71. The molecule has 1 N–H and O–H groups in total. The zero-order valence-electron chi connectivity index (χ0n) is 9.40. The van der Waals surface area contributed by atoms with Crippen molar-refractivity contribution in [3.63, 3.8) is 0 Å². The van der Waals surface area contributed by atoms with Crippen LogP contribution in [-0.2, 0) is 4.74 Å². The summed E-state index contributed by atoms with van der Waals surface area (Å²) in [5.74, 6) is 0.800. The van der Waals surface area contributed by atoms with Gasteiger partial charge in [0, 0.05) is 0 Å². The van der Waals surface area contributed by atoms with E-state index in [0.29, 0.717) is 0 Å². The molecule has 1 amide bonds. The number of cyclic esters (lactones) is 1. The van der Waals surface area contributed by atoms with Gasteiger partial charge in [0.25, 0.3) is 0 Å². The summed E-state index contributed by atoms with van der Waals surface area (Å²) in [5.41, 5.74) is 0.992. The molecule has 16 heavy (non-hydrogen) atoms. The Bertz CT molecular complexity index is 374. The fourth-order valence-electron chi connectivity index (χ4n) is 1.87. The molecule has 4 nitrogen and oxygen atoms in total. The van der Waals surface area contributed by atoms with E-state index >= 15 is 0 Å². The first-order valence-corrected chi connectivity index (χ1v) is 5.35. The first-order valence-electron chi connectivity index (χ1n) is 5.35. The van der Waals surface area contributed by atoms with Gasteiger partial charge in [-0.2, -0.15) is 0 Å². The molecule has 0 aliphatic carbocycles. The van der Waals surface area contributed by atoms with Crippen molar-refractivity contribution in [2.45, 2.75) is 25.5 Å². The maximum atomic E-state index is 11.2. The monoisotopic (exact) mass is 221 g/mol. The standard InChI is InChI=1S/C12H15NO3/c1-3-10-11(16-12(14)13-10)8-4-6-9(15-2)7-5-8/h4-7,10-11H,3H2,1-2H3,(H,13,14)/t10-,11-/m0/s1. The van der Waals surface area contributed by atoms with Crippen LogP contribution in [0.4, 0.5) is 4.79 Å². The van der Waals surface area contributed by atoms with E-state index in [1.165, 1.54) is 0 Å². The second-order valence-corrected chi connectivity index (χ2v) is 3.76. The van der Waals surface area contributed by atoms with Gasteiger partial charge in [0.05, 0.1) is 13.2 Å². The average molecular weight is 221 g/mol. The summed E-state index contributed by atoms with van der Waals surface area (Å²) in [6.07, 6.45) is 0.318. The van der Waals surface area contributed by atoms with Gasteiger partial charge >= 0.3 is 6.09 Å². The van der Waals surface area contributed by atoms with E-state index in [4.69, 9.17) is 9.47 Å². The van der Waals surface area contributed by atoms with Crippen molar-refractivity contribution in [1.82, 2.24) is 5.32 Å². The zero-order valence-corrected chi connectivity index (χ0v) is 9.40. The zero-order chi connectivity index (χ0) is 11.5. The molecule has 1 fully saturated rings. The number of amides is 1. The Kier molecular flexibility index (Phi) is 2.99. The molecule has 0 aromatic heterocycles. The molecule has 86 valence electrons. The lowest BCUT2D eigenvalue weighted by atomic mass is 10.0. The smallest absolute Gasteiger partial charge is 0.408 e. The summed E-state index contributed by atoms with van der Waals surface area (Å²) < 4.78 is 10.3. The summed E-state index contributed by atoms with van der Waals surface area (Å²) in [5, 5.41) is 2.79. The molecule has 1 aliphatic heterocycles. The Morgan fingerprint density at radius 3 is 2.62 bits per heavy atom. The van der Waals surface area contributed by atoms with Crippen LogP contribution in [-0.4, -0.2) is 19.2 Å². The predicted octanol–water partition coefficient (Wildman–Crippen LogP) is 2.25. The third-order valence-electron chi connectivity index (χ3n) is 2.79. The minimum absolute atomic E-state index is 0.0564. The van der Waals surface area contributed by atoms with Gasteiger partial charge in [0.15, 0.2) is 0 Å². The summed E-state index contributed by atoms with van der Waals surface area (Å²) in [4.78, 5) is 11.2. The number of methoxy groups -OCH3 is 1. The molecule has 0 spiro atoms. The first-order chi connectivity index (χ1) is 7.74. The lowest BCUT2D eigenvalue weighted by Gasteiger charge is -2.15. The maximum absolute atomic E-state index is 11.2. The Balaban J connectivity index is 2.19. The van der Waals surface area contributed by atoms with Gasteiger partial charge in [0.1, 0.15) is 11.9 Å². The van der Waals surface area contributed by atoms with Crippen LogP contribution in [0.15, 0.2) is 24.3 Å². The third-order valence-corrected chi connectivity index (χ3v) is 2.79. The highest BCUT2D eigenvalue weighted by molar-refractivity contribution is 5.70. The number of benzene rings is 1. The molecule has 0 unspecified atom stereocenters. The molecular weight excluding hydrogens is 206 g/mol. The SMILES string of the molecule is CC[C@@H]1NC(=O)O[C@H]1c1ccc(OC)cc1. The largest absolute Gasteiger partial charge is 0.497 e. The number of ether oxygens (including phenoxy) is 2. The Labute approximate surface area is 94.6 Å². The van der Waals surface area contributed by atoms with Gasteiger partial charge in [-0.25, -0.2) is 4.79 Å². The van der Waals surface area contributed by atoms with Crippen LogP contribution in [0.2, 0.25) is 0 Å². The molecule has 1 aliphatic rings. The summed E-state index contributed by atoms with van der Waals surface area (Å²) >= 11 is 0. The molecule has 4 heteroatoms. The Morgan fingerprint density at radius 1 is 1.38 bits per heavy atom. The average Bonchev–Trinajstić information content (AvgIpc) is 2.70. The highest BCUT2D eigenvalue weighted by atomic mass is 16.6. The molecule has 0 saturated carbocycles. The first kappa shape index (κ1) is 10.8. The fourth-order valence-corrected chi connectivity index (χ4v) is 1.87. The molecule has 1 saturated heterocycles. The summed E-state index contributed by atoms with van der Waals surface area (Å²) in [7, 11) is 1.63. The second-order valence-electron chi connectivity index (χ2n) is 3.76. The van der Waals surface area contributed by atoms with Crippen LogP contribution in [0.25, 0.3) is 0 Å². The van der Waals surface area contributed by atoms with Crippen LogP contribution < -0.4 is 10.1 Å². The van der Waals surface area contributed by atoms with Crippen LogP contribution >= 0.6 is 0 Å². The van der Waals surface area contributed by atoms with E-state index in [9.17, 15) is 4.79 Å². The van der Waals surface area contributed by atoms with Crippen molar-refractivity contribution < 1.29 is 14.3 Å². The van der Waals surface area contributed by atoms with Crippen molar-refractivity contribution in [2.24, 2.45) is 0 Å². The van der Waals surface area contributed by atoms with Crippen LogP contribution in [0, 0.1) is 0 Å². The van der Waals surface area contributed by atoms with Gasteiger partial charge in [-0.05, 0) is 24.1 Å². The minimum Gasteiger partial charge on any atom is -0.497 e. The molecule has 2 rings (SSSR count). The number of nitrogens with one attached hydrogen (secondary N) is 1. The molecule has 0 bridgehead atoms. The summed E-state index contributed by atoms with van der Waals surface area (Å²) in [6.45, 7) is 2.02. The van der Waals surface area contributed by atoms with Gasteiger partial charge in [-0.15, -0.1) is 0 Å². The number of rotatable bonds is 3. The van der Waals surface area contributed by atoms with E-state index < -0.39 is 0 Å². The van der Waals surface area contributed by atoms with E-state index in [2.05, 4.69) is 5.32 Å². The quantitative estimate of drug-likeness (QED) is 0.851. The van der Waals surface area contributed by atoms with Crippen LogP contribution in [0.5, 0.6) is 5.75 Å². The Morgan fingerprint density at radius 2 is 2.06 bits per heavy atom. The lowest BCUT2D eigenvalue weighted by Crippen LogP contribution is -2.26. The number of carbonyl (C=O) groups is 1. The van der Waals surface area contributed by atoms with E-state index in [0.717, 1.165) is 17.7 Å². The predicted molar refractivity (Wildman–Crippen MR) is 59.4 cm³/mol. The number of hydrogen-bond donors (Lipinski definition) is 1. The number of hydrogen-bond acceptors (Lipinski definition) is 3. The number of alkyl carbamates (subject to hydrolysis) is 1. The van der Waals surface area contributed by atoms with Crippen LogP contribution in [0.3, 0.4) is 0 Å². The van der Waals surface area contributed by atoms with Gasteiger partial charge in [-0.3, -0.25) is 0 Å². The summed E-state index contributed by atoms with van der Waals surface area (Å²) in [6, 6.07) is 7.64. The molecule has 1 heterocycles. The van der Waals surface area contributed by atoms with E-state index in [1.807, 2.05) is 31.2 Å². The van der Waals surface area contributed by atoms with E-state index in [1.54, 1.807) is 7.11 Å². The molecule has 2 atom stereocenters. The molecule has 1 aromatic rings. The highest BCUT2D eigenvalue weighted by Gasteiger charge is 2.33. The normalized spacial score (nSPS) is 23.8. The maximum Gasteiger partial charge on any atom is 0.408 e. The van der Waals surface area contributed by atoms with Crippen molar-refractivity contribution in [3.05, 3.63) is 29.8 Å². The fraction of sp³-hybridized carbons (Fsp3) is 0.417. The van der Waals surface area contributed by atoms with Gasteiger partial charge in [-0.1, -0.05) is 19.1 Å². The number of carbonyl (C=O) groups excluding carboxylic acids is 1. The molecule has 0 radical (unpaired) electrons. The van der Waals surface area contributed by atoms with E-state index in [-0.39, 0.29) is 18.2 Å². The molecular formula is C12H15NO3. The second kappa shape index (κ2) is 4.43. The lowest BCUT2D eigenvalue weighted by molar-refractivity contribution is 0.131. The topological polar surface area (TPSA) is 47.6 Å². The van der Waals surface area contributed by atoms with Crippen LogP contribution in [0.1, 0.15) is 25.0 Å². The van der Waals surface area contributed by atoms with Crippen molar-refractivity contribution in [1.29, 1.82) is 0 Å². The highest BCUT2D eigenvalue weighted by Crippen LogP contribution is 2.29. The minimum atomic E-state index is -0.340. The molecule has 1 aromatic carbocycles. The van der Waals surface area contributed by atoms with Crippen molar-refractivity contribution >= 4 is 6.09 Å².